The molecule has 9 heteroatoms. The molecular formula is C27H28FN7O. The van der Waals surface area contributed by atoms with E-state index >= 15 is 0 Å². The molecule has 5 aliphatic heterocycles. The molecule has 0 spiro atoms. The number of anilines is 1. The maximum absolute atomic E-state index is 14.9. The van der Waals surface area contributed by atoms with Crippen LogP contribution in [0.3, 0.4) is 0 Å². The largest absolute Gasteiger partial charge is 0.347 e. The van der Waals surface area contributed by atoms with Crippen molar-refractivity contribution in [3.63, 3.8) is 0 Å². The summed E-state index contributed by atoms with van der Waals surface area (Å²) in [5.41, 5.74) is 4.01. The minimum Gasteiger partial charge on any atom is -0.347 e. The van der Waals surface area contributed by atoms with Gasteiger partial charge in [-0.1, -0.05) is 12.2 Å². The highest BCUT2D eigenvalue weighted by Crippen LogP contribution is 2.39. The Bertz CT molecular complexity index is 1390. The number of alkyl halides is 1. The molecule has 2 fully saturated rings. The highest BCUT2D eigenvalue weighted by molar-refractivity contribution is 6.06. The van der Waals surface area contributed by atoms with Gasteiger partial charge in [0.1, 0.15) is 6.17 Å². The molecule has 7 rings (SSSR count). The number of aryl methyl sites for hydroxylation is 1. The summed E-state index contributed by atoms with van der Waals surface area (Å²) < 4.78 is 16.8. The summed E-state index contributed by atoms with van der Waals surface area (Å²) in [4.78, 5) is 29.4. The van der Waals surface area contributed by atoms with E-state index in [9.17, 15) is 9.18 Å². The molecule has 4 atom stereocenters. The first-order chi connectivity index (χ1) is 17.6. The van der Waals surface area contributed by atoms with Crippen LogP contribution in [-0.4, -0.2) is 74.9 Å². The average Bonchev–Trinajstić information content (AvgIpc) is 3.65. The minimum absolute atomic E-state index is 0.0173. The van der Waals surface area contributed by atoms with E-state index in [1.807, 2.05) is 59.1 Å². The first-order valence-electron chi connectivity index (χ1n) is 12.7. The Hall–Kier alpha value is -3.75. The van der Waals surface area contributed by atoms with Gasteiger partial charge in [-0.05, 0) is 31.2 Å². The standard InChI is InChI=1S/C27H28FN7O/c1-17-22-8-5-11-35(22)31-27(30-17)34-14-18-12-33(13-19(18)15-34)26(36)24-20(25-21(28)6-4-9-29-25)16-32-10-3-2-7-23(24)32/h2-5,7-11,18-21H,6,12-16H2,1H3/t18-,19+,20?,21?. The Balaban J connectivity index is 1.12. The second-order valence-corrected chi connectivity index (χ2v) is 10.3. The molecule has 0 aromatic carbocycles. The second-order valence-electron chi connectivity index (χ2n) is 10.3. The number of hydrogen-bond acceptors (Lipinski definition) is 6. The minimum atomic E-state index is -1.15. The third-order valence-electron chi connectivity index (χ3n) is 8.14. The monoisotopic (exact) mass is 485 g/mol. The molecule has 1 amide bonds. The number of aromatic nitrogens is 3. The predicted octanol–water partition coefficient (Wildman–Crippen LogP) is 2.90. The molecule has 2 aromatic rings. The molecule has 0 saturated carbocycles. The van der Waals surface area contributed by atoms with E-state index in [1.54, 1.807) is 12.3 Å². The fourth-order valence-corrected chi connectivity index (χ4v) is 6.37. The van der Waals surface area contributed by atoms with Crippen molar-refractivity contribution in [3.05, 3.63) is 72.0 Å². The van der Waals surface area contributed by atoms with Crippen LogP contribution in [0.4, 0.5) is 10.3 Å². The molecule has 184 valence electrons. The second kappa shape index (κ2) is 8.15. The Morgan fingerprint density at radius 2 is 1.94 bits per heavy atom. The molecular weight excluding hydrogens is 457 g/mol. The van der Waals surface area contributed by atoms with Gasteiger partial charge in [-0.2, -0.15) is 0 Å². The van der Waals surface area contributed by atoms with Gasteiger partial charge in [0.2, 0.25) is 5.95 Å². The van der Waals surface area contributed by atoms with Crippen LogP contribution in [0, 0.1) is 24.7 Å². The van der Waals surface area contributed by atoms with Crippen LogP contribution in [0.1, 0.15) is 12.1 Å². The van der Waals surface area contributed by atoms with Crippen molar-refractivity contribution in [1.29, 1.82) is 0 Å². The predicted molar refractivity (Wildman–Crippen MR) is 135 cm³/mol. The summed E-state index contributed by atoms with van der Waals surface area (Å²) in [6.45, 7) is 5.61. The molecule has 0 radical (unpaired) electrons. The van der Waals surface area contributed by atoms with Crippen LogP contribution in [0.5, 0.6) is 0 Å². The van der Waals surface area contributed by atoms with E-state index in [2.05, 4.69) is 14.8 Å². The molecule has 7 heterocycles. The number of aliphatic imine (C=N–C) groups is 1. The maximum atomic E-state index is 14.9. The Kier molecular flexibility index (Phi) is 4.87. The first kappa shape index (κ1) is 21.5. The zero-order valence-electron chi connectivity index (χ0n) is 20.2. The molecule has 2 unspecified atom stereocenters. The number of hydrogen-bond donors (Lipinski definition) is 0. The number of halogens is 1. The molecule has 0 bridgehead atoms. The van der Waals surface area contributed by atoms with Crippen molar-refractivity contribution in [2.45, 2.75) is 19.5 Å². The lowest BCUT2D eigenvalue weighted by Crippen LogP contribution is -2.38. The van der Waals surface area contributed by atoms with Gasteiger partial charge in [0, 0.05) is 69.6 Å². The molecule has 36 heavy (non-hydrogen) atoms. The molecule has 0 aliphatic carbocycles. The average molecular weight is 486 g/mol. The van der Waals surface area contributed by atoms with Crippen molar-refractivity contribution in [3.8, 4) is 0 Å². The van der Waals surface area contributed by atoms with Gasteiger partial charge in [-0.25, -0.2) is 13.9 Å². The highest BCUT2D eigenvalue weighted by atomic mass is 19.1. The molecule has 2 aromatic heterocycles. The zero-order chi connectivity index (χ0) is 24.4. The van der Waals surface area contributed by atoms with Crippen LogP contribution < -0.4 is 4.90 Å². The number of amides is 1. The van der Waals surface area contributed by atoms with Crippen LogP contribution >= 0.6 is 0 Å². The van der Waals surface area contributed by atoms with Gasteiger partial charge in [0.25, 0.3) is 5.91 Å². The van der Waals surface area contributed by atoms with Crippen molar-refractivity contribution in [2.75, 3.05) is 37.6 Å². The summed E-state index contributed by atoms with van der Waals surface area (Å²) in [5, 5.41) is 4.71. The molecule has 5 aliphatic rings. The van der Waals surface area contributed by atoms with E-state index in [4.69, 9.17) is 10.1 Å². The smallest absolute Gasteiger partial charge is 0.252 e. The Labute approximate surface area is 208 Å². The van der Waals surface area contributed by atoms with Crippen LogP contribution in [0.2, 0.25) is 0 Å². The van der Waals surface area contributed by atoms with E-state index < -0.39 is 6.17 Å². The van der Waals surface area contributed by atoms with Gasteiger partial charge >= 0.3 is 0 Å². The van der Waals surface area contributed by atoms with Crippen molar-refractivity contribution in [1.82, 2.24) is 24.4 Å². The number of allylic oxidation sites excluding steroid dienone is 4. The summed E-state index contributed by atoms with van der Waals surface area (Å²) in [6, 6.07) is 4.00. The third-order valence-corrected chi connectivity index (χ3v) is 8.14. The summed E-state index contributed by atoms with van der Waals surface area (Å²) in [5.74, 6) is 1.16. The lowest BCUT2D eigenvalue weighted by molar-refractivity contribution is -0.126. The fourth-order valence-electron chi connectivity index (χ4n) is 6.37. The van der Waals surface area contributed by atoms with Crippen LogP contribution in [0.25, 0.3) is 5.52 Å². The number of carbonyl (C=O) groups excluding carboxylic acids is 1. The van der Waals surface area contributed by atoms with Crippen molar-refractivity contribution >= 4 is 23.1 Å². The van der Waals surface area contributed by atoms with Gasteiger partial charge < -0.3 is 14.7 Å². The van der Waals surface area contributed by atoms with E-state index in [-0.39, 0.29) is 11.8 Å². The van der Waals surface area contributed by atoms with E-state index in [0.29, 0.717) is 49.2 Å². The maximum Gasteiger partial charge on any atom is 0.252 e. The zero-order valence-corrected chi connectivity index (χ0v) is 20.2. The third kappa shape index (κ3) is 3.32. The van der Waals surface area contributed by atoms with Crippen molar-refractivity contribution < 1.29 is 9.18 Å². The lowest BCUT2D eigenvalue weighted by atomic mass is 9.89. The summed E-state index contributed by atoms with van der Waals surface area (Å²) in [6.07, 6.45) is 12.4. The quantitative estimate of drug-likeness (QED) is 0.669. The SMILES string of the molecule is Cc1nc(N2C[C@H]3CN(C(=O)C4=C5C=CC=CN5CC4C4=NC=CCC4F)C[C@H]3C2)nn2cccc12. The van der Waals surface area contributed by atoms with Crippen LogP contribution in [0.15, 0.2) is 71.3 Å². The molecule has 2 saturated heterocycles. The fraction of sp³-hybridized carbons (Fsp3) is 0.407. The van der Waals surface area contributed by atoms with E-state index in [1.165, 1.54) is 0 Å². The first-order valence-corrected chi connectivity index (χ1v) is 12.7. The van der Waals surface area contributed by atoms with E-state index in [0.717, 1.165) is 35.9 Å². The number of nitrogens with zero attached hydrogens (tertiary/aromatic N) is 7. The normalized spacial score (nSPS) is 28.9. The number of likely N-dealkylation sites (tertiary alicyclic amines) is 1. The highest BCUT2D eigenvalue weighted by Gasteiger charge is 2.46. The van der Waals surface area contributed by atoms with Gasteiger partial charge in [0.15, 0.2) is 0 Å². The number of rotatable bonds is 3. The summed E-state index contributed by atoms with van der Waals surface area (Å²) >= 11 is 0. The molecule has 0 N–H and O–H groups in total. The molecule has 8 nitrogen and oxygen atoms in total. The summed E-state index contributed by atoms with van der Waals surface area (Å²) in [7, 11) is 0. The van der Waals surface area contributed by atoms with Gasteiger partial charge in [0.05, 0.1) is 34.1 Å². The van der Waals surface area contributed by atoms with Gasteiger partial charge in [-0.15, -0.1) is 5.10 Å². The van der Waals surface area contributed by atoms with Crippen molar-refractivity contribution in [2.24, 2.45) is 22.7 Å². The number of carbonyl (C=O) groups is 1. The number of fused-ring (bicyclic) bond motifs is 3. The Morgan fingerprint density at radius 1 is 1.11 bits per heavy atom. The lowest BCUT2D eigenvalue weighted by Gasteiger charge is -2.25. The van der Waals surface area contributed by atoms with Gasteiger partial charge in [-0.3, -0.25) is 9.79 Å². The van der Waals surface area contributed by atoms with Crippen LogP contribution in [-0.2, 0) is 4.79 Å². The topological polar surface area (TPSA) is 69.3 Å². The Morgan fingerprint density at radius 3 is 2.75 bits per heavy atom.